The molecule has 4 rings (SSSR count). The largest absolute Gasteiger partial charge is 0.343 e. The summed E-state index contributed by atoms with van der Waals surface area (Å²) >= 11 is 0. The fourth-order valence-corrected chi connectivity index (χ4v) is 2.93. The van der Waals surface area contributed by atoms with E-state index >= 15 is 0 Å². The molecule has 1 amide bonds. The number of pyridine rings is 1. The molecule has 1 fully saturated rings. The van der Waals surface area contributed by atoms with E-state index < -0.39 is 0 Å². The minimum absolute atomic E-state index is 0.000461. The lowest BCUT2D eigenvalue weighted by atomic mass is 9.97. The molecule has 1 aromatic carbocycles. The van der Waals surface area contributed by atoms with Gasteiger partial charge in [0.2, 0.25) is 0 Å². The van der Waals surface area contributed by atoms with Crippen LogP contribution in [0.15, 0.2) is 41.5 Å². The molecular weight excluding hydrogens is 294 g/mol. The predicted molar refractivity (Wildman–Crippen MR) is 84.2 cm³/mol. The van der Waals surface area contributed by atoms with Crippen LogP contribution in [-0.4, -0.2) is 43.6 Å². The molecule has 1 saturated heterocycles. The van der Waals surface area contributed by atoms with Crippen LogP contribution in [0.4, 0.5) is 0 Å². The molecular formula is C16H15N5O2. The Bertz CT molecular complexity index is 952. The molecule has 3 aromatic rings. The van der Waals surface area contributed by atoms with Gasteiger partial charge in [0.25, 0.3) is 5.91 Å². The maximum Gasteiger partial charge on any atom is 0.343 e. The molecule has 116 valence electrons. The van der Waals surface area contributed by atoms with Crippen molar-refractivity contribution in [1.82, 2.24) is 24.6 Å². The third kappa shape index (κ3) is 2.21. The quantitative estimate of drug-likeness (QED) is 0.762. The number of fused-ring (bicyclic) bond motifs is 1. The summed E-state index contributed by atoms with van der Waals surface area (Å²) in [6.07, 6.45) is 3.50. The van der Waals surface area contributed by atoms with E-state index in [4.69, 9.17) is 0 Å². The Kier molecular flexibility index (Phi) is 3.00. The van der Waals surface area contributed by atoms with Crippen molar-refractivity contribution in [2.24, 2.45) is 7.05 Å². The first-order valence-electron chi connectivity index (χ1n) is 7.38. The van der Waals surface area contributed by atoms with Gasteiger partial charge in [-0.05, 0) is 23.6 Å². The van der Waals surface area contributed by atoms with Crippen molar-refractivity contribution >= 4 is 16.7 Å². The number of likely N-dealkylation sites (tertiary alicyclic amines) is 1. The first kappa shape index (κ1) is 13.7. The maximum absolute atomic E-state index is 12.6. The van der Waals surface area contributed by atoms with Crippen LogP contribution in [-0.2, 0) is 7.05 Å². The second-order valence-corrected chi connectivity index (χ2v) is 5.79. The Hall–Kier alpha value is -2.96. The lowest BCUT2D eigenvalue weighted by Crippen LogP contribution is -2.49. The molecule has 0 saturated carbocycles. The summed E-state index contributed by atoms with van der Waals surface area (Å²) in [6.45, 7) is 1.15. The molecule has 0 atom stereocenters. The van der Waals surface area contributed by atoms with Crippen molar-refractivity contribution in [2.75, 3.05) is 13.1 Å². The highest BCUT2D eigenvalue weighted by molar-refractivity contribution is 5.98. The smallest absolute Gasteiger partial charge is 0.337 e. The zero-order chi connectivity index (χ0) is 16.0. The zero-order valence-corrected chi connectivity index (χ0v) is 12.6. The van der Waals surface area contributed by atoms with Crippen LogP contribution >= 0.6 is 0 Å². The topological polar surface area (TPSA) is 83.9 Å². The van der Waals surface area contributed by atoms with Crippen molar-refractivity contribution in [1.29, 1.82) is 0 Å². The molecule has 0 spiro atoms. The van der Waals surface area contributed by atoms with Crippen LogP contribution < -0.4 is 5.69 Å². The van der Waals surface area contributed by atoms with Gasteiger partial charge < -0.3 is 4.90 Å². The maximum atomic E-state index is 12.6. The summed E-state index contributed by atoms with van der Waals surface area (Å²) in [6, 6.07) is 7.51. The molecule has 0 unspecified atom stereocenters. The average molecular weight is 309 g/mol. The highest BCUT2D eigenvalue weighted by atomic mass is 16.2. The van der Waals surface area contributed by atoms with E-state index in [0.29, 0.717) is 24.5 Å². The molecule has 7 nitrogen and oxygen atoms in total. The number of aromatic nitrogens is 4. The van der Waals surface area contributed by atoms with Gasteiger partial charge in [0.05, 0.1) is 5.92 Å². The zero-order valence-electron chi connectivity index (χ0n) is 12.6. The highest BCUT2D eigenvalue weighted by Gasteiger charge is 2.35. The van der Waals surface area contributed by atoms with Crippen molar-refractivity contribution in [3.63, 3.8) is 0 Å². The van der Waals surface area contributed by atoms with Crippen LogP contribution in [0.1, 0.15) is 22.1 Å². The standard InChI is InChI=1S/C16H15N5O2/c1-20-14(18-19-16(20)23)13-8-21(9-13)15(22)11-2-3-12-7-17-5-4-10(12)6-11/h2-7,13H,8-9H2,1H3,(H,19,23). The minimum atomic E-state index is -0.229. The van der Waals surface area contributed by atoms with Gasteiger partial charge in [0.15, 0.2) is 0 Å². The number of amides is 1. The van der Waals surface area contributed by atoms with Gasteiger partial charge in [0, 0.05) is 43.5 Å². The predicted octanol–water partition coefficient (Wildman–Crippen LogP) is 0.896. The highest BCUT2D eigenvalue weighted by Crippen LogP contribution is 2.26. The monoisotopic (exact) mass is 309 g/mol. The number of nitrogens with zero attached hydrogens (tertiary/aromatic N) is 4. The van der Waals surface area contributed by atoms with E-state index in [-0.39, 0.29) is 17.5 Å². The number of carbonyl (C=O) groups is 1. The first-order chi connectivity index (χ1) is 11.1. The Labute approximate surface area is 131 Å². The number of H-pyrrole nitrogens is 1. The molecule has 2 aromatic heterocycles. The van der Waals surface area contributed by atoms with Gasteiger partial charge in [-0.1, -0.05) is 6.07 Å². The second-order valence-electron chi connectivity index (χ2n) is 5.79. The summed E-state index contributed by atoms with van der Waals surface area (Å²) in [5, 5.41) is 8.46. The van der Waals surface area contributed by atoms with Gasteiger partial charge in [-0.2, -0.15) is 5.10 Å². The number of hydrogen-bond donors (Lipinski definition) is 1. The summed E-state index contributed by atoms with van der Waals surface area (Å²) in [5.74, 6) is 0.802. The van der Waals surface area contributed by atoms with Crippen molar-refractivity contribution in [2.45, 2.75) is 5.92 Å². The van der Waals surface area contributed by atoms with E-state index in [1.165, 1.54) is 4.57 Å². The van der Waals surface area contributed by atoms with Crippen molar-refractivity contribution in [3.05, 3.63) is 58.5 Å². The molecule has 0 bridgehead atoms. The Morgan fingerprint density at radius 2 is 2.09 bits per heavy atom. The fourth-order valence-electron chi connectivity index (χ4n) is 2.93. The molecule has 0 radical (unpaired) electrons. The molecule has 7 heteroatoms. The van der Waals surface area contributed by atoms with Crippen LogP contribution in [0, 0.1) is 0 Å². The first-order valence-corrected chi connectivity index (χ1v) is 7.38. The molecule has 3 heterocycles. The SMILES string of the molecule is Cn1c(C2CN(C(=O)c3ccc4cnccc4c3)C2)n[nH]c1=O. The number of aromatic amines is 1. The van der Waals surface area contributed by atoms with E-state index in [0.717, 1.165) is 10.8 Å². The van der Waals surface area contributed by atoms with E-state index in [9.17, 15) is 9.59 Å². The normalized spacial score (nSPS) is 14.9. The number of rotatable bonds is 2. The van der Waals surface area contributed by atoms with Crippen LogP contribution in [0.2, 0.25) is 0 Å². The minimum Gasteiger partial charge on any atom is -0.337 e. The average Bonchev–Trinajstić information content (AvgIpc) is 2.85. The van der Waals surface area contributed by atoms with Crippen LogP contribution in [0.3, 0.4) is 0 Å². The van der Waals surface area contributed by atoms with Crippen molar-refractivity contribution in [3.8, 4) is 0 Å². The summed E-state index contributed by atoms with van der Waals surface area (Å²) < 4.78 is 1.50. The fraction of sp³-hybridized carbons (Fsp3) is 0.250. The number of nitrogens with one attached hydrogen (secondary N) is 1. The molecule has 0 aliphatic carbocycles. The van der Waals surface area contributed by atoms with Gasteiger partial charge >= 0.3 is 5.69 Å². The second kappa shape index (κ2) is 5.05. The van der Waals surface area contributed by atoms with Crippen LogP contribution in [0.5, 0.6) is 0 Å². The number of benzene rings is 1. The van der Waals surface area contributed by atoms with Crippen molar-refractivity contribution < 1.29 is 4.79 Å². The third-order valence-corrected chi connectivity index (χ3v) is 4.34. The number of hydrogen-bond acceptors (Lipinski definition) is 4. The number of carbonyl (C=O) groups excluding carboxylic acids is 1. The summed E-state index contributed by atoms with van der Waals surface area (Å²) in [5.41, 5.74) is 0.436. The lowest BCUT2D eigenvalue weighted by molar-refractivity contribution is 0.0591. The van der Waals surface area contributed by atoms with Gasteiger partial charge in [-0.25, -0.2) is 9.89 Å². The van der Waals surface area contributed by atoms with E-state index in [1.807, 2.05) is 24.3 Å². The third-order valence-electron chi connectivity index (χ3n) is 4.34. The van der Waals surface area contributed by atoms with E-state index in [2.05, 4.69) is 15.2 Å². The Morgan fingerprint density at radius 1 is 1.26 bits per heavy atom. The molecule has 1 N–H and O–H groups in total. The molecule has 1 aliphatic heterocycles. The van der Waals surface area contributed by atoms with E-state index in [1.54, 1.807) is 24.3 Å². The summed E-state index contributed by atoms with van der Waals surface area (Å²) in [4.78, 5) is 29.8. The van der Waals surface area contributed by atoms with Gasteiger partial charge in [0.1, 0.15) is 5.82 Å². The molecule has 1 aliphatic rings. The van der Waals surface area contributed by atoms with Gasteiger partial charge in [-0.3, -0.25) is 14.3 Å². The van der Waals surface area contributed by atoms with Crippen LogP contribution in [0.25, 0.3) is 10.8 Å². The summed E-state index contributed by atoms with van der Waals surface area (Å²) in [7, 11) is 1.68. The Morgan fingerprint density at radius 3 is 2.83 bits per heavy atom. The molecule has 23 heavy (non-hydrogen) atoms. The lowest BCUT2D eigenvalue weighted by Gasteiger charge is -2.38. The van der Waals surface area contributed by atoms with Gasteiger partial charge in [-0.15, -0.1) is 0 Å². The Balaban J connectivity index is 1.52.